The number of methoxy groups -OCH3 is 1. The normalized spacial score (nSPS) is 10.4. The molecule has 0 spiro atoms. The minimum Gasteiger partial charge on any atom is -0.508 e. The van der Waals surface area contributed by atoms with Crippen LogP contribution in [0.4, 0.5) is 11.4 Å². The molecule has 0 aromatic heterocycles. The van der Waals surface area contributed by atoms with Crippen molar-refractivity contribution in [1.29, 1.82) is 0 Å². The maximum atomic E-state index is 12.9. The van der Waals surface area contributed by atoms with Gasteiger partial charge in [0.25, 0.3) is 0 Å². The zero-order valence-corrected chi connectivity index (χ0v) is 16.0. The fraction of sp³-hybridized carbons (Fsp3) is 0.263. The molecule has 132 valence electrons. The number of ether oxygens (including phenoxy) is 1. The highest BCUT2D eigenvalue weighted by molar-refractivity contribution is 9.10. The fourth-order valence-electron chi connectivity index (χ4n) is 2.71. The van der Waals surface area contributed by atoms with E-state index in [1.807, 2.05) is 26.0 Å². The average Bonchev–Trinajstić information content (AvgIpc) is 2.55. The van der Waals surface area contributed by atoms with Crippen molar-refractivity contribution in [2.45, 2.75) is 26.7 Å². The maximum Gasteiger partial charge on any atom is 0.306 e. The van der Waals surface area contributed by atoms with Crippen molar-refractivity contribution < 1.29 is 19.4 Å². The Morgan fingerprint density at radius 2 is 1.76 bits per heavy atom. The Morgan fingerprint density at radius 3 is 2.32 bits per heavy atom. The summed E-state index contributed by atoms with van der Waals surface area (Å²) in [5.74, 6) is -0.617. The molecular weight excluding hydrogens is 386 g/mol. The first-order valence-electron chi connectivity index (χ1n) is 7.79. The molecule has 0 aliphatic heterocycles. The summed E-state index contributed by atoms with van der Waals surface area (Å²) in [5, 5.41) is 9.81. The first-order valence-corrected chi connectivity index (χ1v) is 8.58. The molecule has 2 rings (SSSR count). The molecule has 5 nitrogen and oxygen atoms in total. The summed E-state index contributed by atoms with van der Waals surface area (Å²) in [5.41, 5.74) is 3.09. The number of carbonyl (C=O) groups excluding carboxylic acids is 2. The number of anilines is 2. The molecular formula is C19H20BrNO4. The predicted octanol–water partition coefficient (Wildman–Crippen LogP) is 4.39. The van der Waals surface area contributed by atoms with Gasteiger partial charge in [-0.2, -0.15) is 0 Å². The highest BCUT2D eigenvalue weighted by atomic mass is 79.9. The van der Waals surface area contributed by atoms with E-state index in [2.05, 4.69) is 20.7 Å². The van der Waals surface area contributed by atoms with Gasteiger partial charge in [0.15, 0.2) is 0 Å². The molecule has 0 unspecified atom stereocenters. The van der Waals surface area contributed by atoms with Crippen LogP contribution in [0.25, 0.3) is 0 Å². The molecule has 0 radical (unpaired) electrons. The van der Waals surface area contributed by atoms with E-state index < -0.39 is 5.97 Å². The largest absolute Gasteiger partial charge is 0.508 e. The SMILES string of the molecule is COC(=O)CCC(=O)N(c1cccc(O)c1)c1c(C)cc(Br)cc1C. The summed E-state index contributed by atoms with van der Waals surface area (Å²) in [7, 11) is 1.29. The van der Waals surface area contributed by atoms with E-state index in [1.54, 1.807) is 23.1 Å². The zero-order chi connectivity index (χ0) is 18.6. The number of amides is 1. The molecule has 1 amide bonds. The topological polar surface area (TPSA) is 66.8 Å². The minimum atomic E-state index is -0.437. The molecule has 0 aliphatic rings. The van der Waals surface area contributed by atoms with Crippen LogP contribution in [0.5, 0.6) is 5.75 Å². The smallest absolute Gasteiger partial charge is 0.306 e. The monoisotopic (exact) mass is 405 g/mol. The van der Waals surface area contributed by atoms with Gasteiger partial charge in [-0.25, -0.2) is 0 Å². The second-order valence-corrected chi connectivity index (χ2v) is 6.63. The van der Waals surface area contributed by atoms with Gasteiger partial charge < -0.3 is 9.84 Å². The number of rotatable bonds is 5. The summed E-state index contributed by atoms with van der Waals surface area (Å²) >= 11 is 3.46. The lowest BCUT2D eigenvalue weighted by Crippen LogP contribution is -2.28. The highest BCUT2D eigenvalue weighted by Gasteiger charge is 2.23. The first-order chi connectivity index (χ1) is 11.8. The Labute approximate surface area is 155 Å². The molecule has 1 N–H and O–H groups in total. The van der Waals surface area contributed by atoms with Crippen molar-refractivity contribution in [3.05, 3.63) is 52.0 Å². The van der Waals surface area contributed by atoms with Crippen LogP contribution in [0.2, 0.25) is 0 Å². The predicted molar refractivity (Wildman–Crippen MR) is 100 cm³/mol. The average molecular weight is 406 g/mol. The third kappa shape index (κ3) is 4.60. The maximum absolute atomic E-state index is 12.9. The van der Waals surface area contributed by atoms with E-state index in [0.717, 1.165) is 21.3 Å². The third-order valence-electron chi connectivity index (χ3n) is 3.79. The highest BCUT2D eigenvalue weighted by Crippen LogP contribution is 2.35. The molecule has 6 heteroatoms. The van der Waals surface area contributed by atoms with Gasteiger partial charge in [-0.1, -0.05) is 22.0 Å². The van der Waals surface area contributed by atoms with Crippen LogP contribution >= 0.6 is 15.9 Å². The number of aryl methyl sites for hydroxylation is 2. The summed E-state index contributed by atoms with van der Waals surface area (Å²) in [6, 6.07) is 10.3. The Hall–Kier alpha value is -2.34. The molecule has 0 fully saturated rings. The van der Waals surface area contributed by atoms with E-state index in [-0.39, 0.29) is 24.5 Å². The Bertz CT molecular complexity index is 781. The third-order valence-corrected chi connectivity index (χ3v) is 4.25. The van der Waals surface area contributed by atoms with Crippen LogP contribution in [0.3, 0.4) is 0 Å². The van der Waals surface area contributed by atoms with Crippen LogP contribution in [0.15, 0.2) is 40.9 Å². The van der Waals surface area contributed by atoms with Crippen molar-refractivity contribution >= 4 is 39.2 Å². The van der Waals surface area contributed by atoms with Gasteiger partial charge in [-0.3, -0.25) is 14.5 Å². The standard InChI is InChI=1S/C19H20BrNO4/c1-12-9-14(20)10-13(2)19(12)21(15-5-4-6-16(22)11-15)17(23)7-8-18(24)25-3/h4-6,9-11,22H,7-8H2,1-3H3. The molecule has 25 heavy (non-hydrogen) atoms. The first kappa shape index (κ1) is 19.0. The van der Waals surface area contributed by atoms with Crippen molar-refractivity contribution in [1.82, 2.24) is 0 Å². The van der Waals surface area contributed by atoms with Crippen molar-refractivity contribution in [3.63, 3.8) is 0 Å². The quantitative estimate of drug-likeness (QED) is 0.748. The van der Waals surface area contributed by atoms with Crippen LogP contribution < -0.4 is 4.90 Å². The van der Waals surface area contributed by atoms with E-state index in [4.69, 9.17) is 0 Å². The van der Waals surface area contributed by atoms with Gasteiger partial charge in [-0.05, 0) is 49.2 Å². The number of carbonyl (C=O) groups is 2. The van der Waals surface area contributed by atoms with Gasteiger partial charge in [-0.15, -0.1) is 0 Å². The van der Waals surface area contributed by atoms with Crippen molar-refractivity contribution in [2.24, 2.45) is 0 Å². The molecule has 2 aromatic carbocycles. The minimum absolute atomic E-state index is 0.000722. The van der Waals surface area contributed by atoms with Crippen LogP contribution in [-0.2, 0) is 14.3 Å². The Balaban J connectivity index is 2.50. The van der Waals surface area contributed by atoms with Crippen molar-refractivity contribution in [2.75, 3.05) is 12.0 Å². The number of hydrogen-bond acceptors (Lipinski definition) is 4. The molecule has 0 saturated carbocycles. The van der Waals surface area contributed by atoms with E-state index in [1.165, 1.54) is 13.2 Å². The number of nitrogens with zero attached hydrogens (tertiary/aromatic N) is 1. The lowest BCUT2D eigenvalue weighted by Gasteiger charge is -2.27. The molecule has 2 aromatic rings. The number of phenols is 1. The summed E-state index contributed by atoms with van der Waals surface area (Å²) in [4.78, 5) is 25.8. The van der Waals surface area contributed by atoms with Crippen molar-refractivity contribution in [3.8, 4) is 5.75 Å². The molecule has 0 bridgehead atoms. The molecule has 0 atom stereocenters. The van der Waals surface area contributed by atoms with Crippen LogP contribution in [-0.4, -0.2) is 24.1 Å². The van der Waals surface area contributed by atoms with Crippen LogP contribution in [0, 0.1) is 13.8 Å². The molecule has 0 heterocycles. The summed E-state index contributed by atoms with van der Waals surface area (Å²) in [6.07, 6.45) is 0.0105. The van der Waals surface area contributed by atoms with E-state index in [9.17, 15) is 14.7 Å². The molecule has 0 aliphatic carbocycles. The number of phenolic OH excluding ortho intramolecular Hbond substituents is 1. The fourth-order valence-corrected chi connectivity index (χ4v) is 3.40. The molecule has 0 saturated heterocycles. The number of aromatic hydroxyl groups is 1. The van der Waals surface area contributed by atoms with Gasteiger partial charge in [0, 0.05) is 17.0 Å². The van der Waals surface area contributed by atoms with Crippen LogP contribution in [0.1, 0.15) is 24.0 Å². The van der Waals surface area contributed by atoms with Gasteiger partial charge in [0.05, 0.1) is 24.9 Å². The van der Waals surface area contributed by atoms with Gasteiger partial charge >= 0.3 is 5.97 Å². The summed E-state index contributed by atoms with van der Waals surface area (Å²) in [6.45, 7) is 3.83. The second-order valence-electron chi connectivity index (χ2n) is 5.71. The van der Waals surface area contributed by atoms with E-state index in [0.29, 0.717) is 5.69 Å². The number of hydrogen-bond donors (Lipinski definition) is 1. The lowest BCUT2D eigenvalue weighted by atomic mass is 10.1. The summed E-state index contributed by atoms with van der Waals surface area (Å²) < 4.78 is 5.54. The Morgan fingerprint density at radius 1 is 1.12 bits per heavy atom. The van der Waals surface area contributed by atoms with Gasteiger partial charge in [0.2, 0.25) is 5.91 Å². The Kier molecular flexibility index (Phi) is 6.20. The lowest BCUT2D eigenvalue weighted by molar-refractivity contribution is -0.141. The number of benzene rings is 2. The van der Waals surface area contributed by atoms with Gasteiger partial charge in [0.1, 0.15) is 5.75 Å². The van der Waals surface area contributed by atoms with E-state index >= 15 is 0 Å². The number of halogens is 1. The number of esters is 1. The second kappa shape index (κ2) is 8.16. The zero-order valence-electron chi connectivity index (χ0n) is 14.4.